The van der Waals surface area contributed by atoms with Gasteiger partial charge in [-0.15, -0.1) is 0 Å². The number of carbonyl (C=O) groups excluding carboxylic acids is 2. The summed E-state index contributed by atoms with van der Waals surface area (Å²) >= 11 is 6.14. The van der Waals surface area contributed by atoms with Gasteiger partial charge in [-0.2, -0.15) is 0 Å². The highest BCUT2D eigenvalue weighted by molar-refractivity contribution is 6.31. The molecule has 0 heterocycles. The van der Waals surface area contributed by atoms with Gasteiger partial charge in [0.2, 0.25) is 5.91 Å². The average Bonchev–Trinajstić information content (AvgIpc) is 2.50. The second-order valence-electron chi connectivity index (χ2n) is 6.74. The maximum absolute atomic E-state index is 11.7. The van der Waals surface area contributed by atoms with E-state index in [-0.39, 0.29) is 18.6 Å². The standard InChI is InChI=1S/C18H27ClN2O4/c1-6-16(22)20-10-13-9-14(7-8-15(13)19)24-11-12(2)21-17(23)25-18(3,4)5/h7-9,12H,6,10-11H2,1-5H3,(H,20,22)(H,21,23)/t12-/m0/s1. The second kappa shape index (κ2) is 9.51. The Morgan fingerprint density at radius 1 is 1.28 bits per heavy atom. The van der Waals surface area contributed by atoms with Crippen LogP contribution in [0.4, 0.5) is 4.79 Å². The van der Waals surface area contributed by atoms with E-state index in [1.165, 1.54) is 0 Å². The van der Waals surface area contributed by atoms with Gasteiger partial charge in [-0.3, -0.25) is 4.79 Å². The van der Waals surface area contributed by atoms with Crippen LogP contribution in [0.1, 0.15) is 46.6 Å². The Kier molecular flexibility index (Phi) is 8.03. The fraction of sp³-hybridized carbons (Fsp3) is 0.556. The lowest BCUT2D eigenvalue weighted by Crippen LogP contribution is -2.40. The van der Waals surface area contributed by atoms with E-state index in [0.717, 1.165) is 5.56 Å². The normalized spacial score (nSPS) is 12.2. The number of hydrogen-bond acceptors (Lipinski definition) is 4. The number of nitrogens with one attached hydrogen (secondary N) is 2. The molecule has 0 radical (unpaired) electrons. The monoisotopic (exact) mass is 370 g/mol. The third-order valence-electron chi connectivity index (χ3n) is 3.08. The van der Waals surface area contributed by atoms with Gasteiger partial charge < -0.3 is 20.1 Å². The van der Waals surface area contributed by atoms with E-state index < -0.39 is 11.7 Å². The van der Waals surface area contributed by atoms with Crippen LogP contribution < -0.4 is 15.4 Å². The molecule has 0 bridgehead atoms. The largest absolute Gasteiger partial charge is 0.491 e. The first-order chi connectivity index (χ1) is 11.6. The Morgan fingerprint density at radius 3 is 2.56 bits per heavy atom. The predicted octanol–water partition coefficient (Wildman–Crippen LogP) is 3.66. The molecular weight excluding hydrogens is 344 g/mol. The average molecular weight is 371 g/mol. The number of ether oxygens (including phenoxy) is 2. The van der Waals surface area contributed by atoms with Crippen molar-refractivity contribution in [3.63, 3.8) is 0 Å². The molecule has 7 heteroatoms. The summed E-state index contributed by atoms with van der Waals surface area (Å²) in [7, 11) is 0. The molecule has 6 nitrogen and oxygen atoms in total. The van der Waals surface area contributed by atoms with Crippen LogP contribution in [-0.4, -0.2) is 30.3 Å². The Hall–Kier alpha value is -1.95. The van der Waals surface area contributed by atoms with Crippen molar-refractivity contribution in [1.82, 2.24) is 10.6 Å². The van der Waals surface area contributed by atoms with Crippen LogP contribution >= 0.6 is 11.6 Å². The van der Waals surface area contributed by atoms with E-state index in [4.69, 9.17) is 21.1 Å². The summed E-state index contributed by atoms with van der Waals surface area (Å²) < 4.78 is 10.9. The molecule has 0 aromatic heterocycles. The van der Waals surface area contributed by atoms with Gasteiger partial charge in [0.1, 0.15) is 18.0 Å². The molecule has 1 atom stereocenters. The third kappa shape index (κ3) is 8.63. The molecule has 0 unspecified atom stereocenters. The Morgan fingerprint density at radius 2 is 1.96 bits per heavy atom. The fourth-order valence-electron chi connectivity index (χ4n) is 1.87. The molecule has 0 aliphatic carbocycles. The number of amides is 2. The summed E-state index contributed by atoms with van der Waals surface area (Å²) in [6.45, 7) is 9.65. The van der Waals surface area contributed by atoms with Crippen molar-refractivity contribution in [2.45, 2.75) is 59.2 Å². The summed E-state index contributed by atoms with van der Waals surface area (Å²) in [5.41, 5.74) is 0.229. The minimum atomic E-state index is -0.543. The van der Waals surface area contributed by atoms with Crippen molar-refractivity contribution in [2.75, 3.05) is 6.61 Å². The minimum Gasteiger partial charge on any atom is -0.491 e. The van der Waals surface area contributed by atoms with Gasteiger partial charge in [0, 0.05) is 18.0 Å². The molecule has 1 aromatic carbocycles. The summed E-state index contributed by atoms with van der Waals surface area (Å²) in [5, 5.41) is 6.05. The van der Waals surface area contributed by atoms with Crippen LogP contribution in [0.2, 0.25) is 5.02 Å². The predicted molar refractivity (Wildman–Crippen MR) is 97.9 cm³/mol. The van der Waals surface area contributed by atoms with Crippen molar-refractivity contribution < 1.29 is 19.1 Å². The summed E-state index contributed by atoms with van der Waals surface area (Å²) in [6, 6.07) is 5.01. The topological polar surface area (TPSA) is 76.7 Å². The number of carbonyl (C=O) groups is 2. The fourth-order valence-corrected chi connectivity index (χ4v) is 2.05. The molecule has 1 aromatic rings. The molecule has 2 N–H and O–H groups in total. The summed E-state index contributed by atoms with van der Waals surface area (Å²) in [4.78, 5) is 23.1. The minimum absolute atomic E-state index is 0.0439. The van der Waals surface area contributed by atoms with Crippen molar-refractivity contribution in [2.24, 2.45) is 0 Å². The molecule has 0 saturated heterocycles. The van der Waals surface area contributed by atoms with Gasteiger partial charge in [-0.25, -0.2) is 4.79 Å². The van der Waals surface area contributed by atoms with Gasteiger partial charge in [0.05, 0.1) is 6.04 Å². The summed E-state index contributed by atoms with van der Waals surface area (Å²) in [6.07, 6.45) is -0.0653. The van der Waals surface area contributed by atoms with Crippen LogP contribution in [0.25, 0.3) is 0 Å². The maximum Gasteiger partial charge on any atom is 0.407 e. The zero-order chi connectivity index (χ0) is 19.0. The Bertz CT molecular complexity index is 599. The number of rotatable bonds is 7. The van der Waals surface area contributed by atoms with Crippen LogP contribution in [0.5, 0.6) is 5.75 Å². The van der Waals surface area contributed by atoms with Gasteiger partial charge in [0.15, 0.2) is 0 Å². The lowest BCUT2D eigenvalue weighted by molar-refractivity contribution is -0.120. The van der Waals surface area contributed by atoms with Gasteiger partial charge >= 0.3 is 6.09 Å². The van der Waals surface area contributed by atoms with Gasteiger partial charge in [-0.05, 0) is 51.5 Å². The quantitative estimate of drug-likeness (QED) is 0.767. The maximum atomic E-state index is 11.7. The van der Waals surface area contributed by atoms with E-state index in [2.05, 4.69) is 10.6 Å². The van der Waals surface area contributed by atoms with Gasteiger partial charge in [-0.1, -0.05) is 18.5 Å². The smallest absolute Gasteiger partial charge is 0.407 e. The zero-order valence-electron chi connectivity index (χ0n) is 15.4. The van der Waals surface area contributed by atoms with E-state index >= 15 is 0 Å². The van der Waals surface area contributed by atoms with Crippen molar-refractivity contribution in [3.05, 3.63) is 28.8 Å². The molecule has 2 amide bonds. The number of benzene rings is 1. The molecule has 25 heavy (non-hydrogen) atoms. The van der Waals surface area contributed by atoms with E-state index in [9.17, 15) is 9.59 Å². The van der Waals surface area contributed by atoms with Gasteiger partial charge in [0.25, 0.3) is 0 Å². The van der Waals surface area contributed by atoms with Crippen molar-refractivity contribution in [3.8, 4) is 5.75 Å². The van der Waals surface area contributed by atoms with Crippen molar-refractivity contribution in [1.29, 1.82) is 0 Å². The zero-order valence-corrected chi connectivity index (χ0v) is 16.2. The highest BCUT2D eigenvalue weighted by Gasteiger charge is 2.18. The van der Waals surface area contributed by atoms with Crippen LogP contribution in [0.3, 0.4) is 0 Å². The molecule has 1 rings (SSSR count). The molecule has 0 spiro atoms. The van der Waals surface area contributed by atoms with E-state index in [1.54, 1.807) is 45.9 Å². The lowest BCUT2D eigenvalue weighted by atomic mass is 10.2. The molecule has 0 fully saturated rings. The van der Waals surface area contributed by atoms with Crippen LogP contribution in [0.15, 0.2) is 18.2 Å². The van der Waals surface area contributed by atoms with E-state index in [1.807, 2.05) is 6.92 Å². The van der Waals surface area contributed by atoms with Crippen LogP contribution in [-0.2, 0) is 16.1 Å². The molecule has 140 valence electrons. The summed E-state index contributed by atoms with van der Waals surface area (Å²) in [5.74, 6) is 0.570. The van der Waals surface area contributed by atoms with Crippen molar-refractivity contribution >= 4 is 23.6 Å². The number of hydrogen-bond donors (Lipinski definition) is 2. The molecular formula is C18H27ClN2O4. The SMILES string of the molecule is CCC(=O)NCc1cc(OC[C@H](C)NC(=O)OC(C)(C)C)ccc1Cl. The highest BCUT2D eigenvalue weighted by Crippen LogP contribution is 2.22. The first-order valence-electron chi connectivity index (χ1n) is 8.28. The Balaban J connectivity index is 2.53. The number of alkyl carbamates (subject to hydrolysis) is 1. The first kappa shape index (κ1) is 21.1. The first-order valence-corrected chi connectivity index (χ1v) is 8.66. The van der Waals surface area contributed by atoms with E-state index in [0.29, 0.717) is 23.7 Å². The lowest BCUT2D eigenvalue weighted by Gasteiger charge is -2.22. The number of halogens is 1. The molecule has 0 aliphatic heterocycles. The third-order valence-corrected chi connectivity index (χ3v) is 3.45. The van der Waals surface area contributed by atoms with Crippen LogP contribution in [0, 0.1) is 0 Å². The highest BCUT2D eigenvalue weighted by atomic mass is 35.5. The molecule has 0 saturated carbocycles. The Labute approximate surface area is 154 Å². The molecule has 0 aliphatic rings. The second-order valence-corrected chi connectivity index (χ2v) is 7.15.